The summed E-state index contributed by atoms with van der Waals surface area (Å²) < 4.78 is 8.68. The Kier molecular flexibility index (Phi) is 4.42. The van der Waals surface area contributed by atoms with Crippen LogP contribution in [0.4, 0.5) is 0 Å². The van der Waals surface area contributed by atoms with Crippen molar-refractivity contribution < 1.29 is 4.74 Å². The molecule has 3 rings (SSSR count). The second-order valence-corrected chi connectivity index (χ2v) is 6.38. The van der Waals surface area contributed by atoms with Gasteiger partial charge in [0.25, 0.3) is 0 Å². The SMILES string of the molecule is CCc1cc(Br)ccc1-n1cncc1C(N)C1CCOC1. The van der Waals surface area contributed by atoms with Gasteiger partial charge in [0.05, 0.1) is 36.6 Å². The van der Waals surface area contributed by atoms with Crippen LogP contribution < -0.4 is 5.73 Å². The molecule has 1 aromatic heterocycles. The van der Waals surface area contributed by atoms with Gasteiger partial charge in [0, 0.05) is 17.0 Å². The van der Waals surface area contributed by atoms with Gasteiger partial charge in [0.15, 0.2) is 0 Å². The zero-order valence-electron chi connectivity index (χ0n) is 12.1. The van der Waals surface area contributed by atoms with Crippen molar-refractivity contribution in [1.29, 1.82) is 0 Å². The minimum Gasteiger partial charge on any atom is -0.381 e. The van der Waals surface area contributed by atoms with E-state index in [1.54, 1.807) is 0 Å². The lowest BCUT2D eigenvalue weighted by Crippen LogP contribution is -2.24. The van der Waals surface area contributed by atoms with E-state index >= 15 is 0 Å². The predicted octanol–water partition coefficient (Wildman–Crippen LogP) is 3.23. The molecule has 5 heteroatoms. The smallest absolute Gasteiger partial charge is 0.0994 e. The van der Waals surface area contributed by atoms with Gasteiger partial charge in [-0.3, -0.25) is 0 Å². The van der Waals surface area contributed by atoms with Crippen LogP contribution in [0.25, 0.3) is 5.69 Å². The van der Waals surface area contributed by atoms with Gasteiger partial charge in [-0.05, 0) is 36.6 Å². The molecule has 2 aromatic rings. The summed E-state index contributed by atoms with van der Waals surface area (Å²) in [6.45, 7) is 3.71. The van der Waals surface area contributed by atoms with Crippen molar-refractivity contribution in [2.75, 3.05) is 13.2 Å². The first kappa shape index (κ1) is 14.8. The number of rotatable bonds is 4. The quantitative estimate of drug-likeness (QED) is 0.921. The molecule has 2 unspecified atom stereocenters. The molecule has 112 valence electrons. The second-order valence-electron chi connectivity index (χ2n) is 5.46. The third-order valence-electron chi connectivity index (χ3n) is 4.16. The summed E-state index contributed by atoms with van der Waals surface area (Å²) in [6.07, 6.45) is 5.72. The minimum absolute atomic E-state index is 0.0386. The standard InChI is InChI=1S/C16H20BrN3O/c1-2-11-7-13(17)3-4-14(11)20-10-19-8-15(20)16(18)12-5-6-21-9-12/h3-4,7-8,10,12,16H,2,5-6,9,18H2,1H3. The summed E-state index contributed by atoms with van der Waals surface area (Å²) in [5.41, 5.74) is 9.94. The number of ether oxygens (including phenoxy) is 1. The molecule has 0 radical (unpaired) electrons. The average Bonchev–Trinajstić information content (AvgIpc) is 3.17. The lowest BCUT2D eigenvalue weighted by Gasteiger charge is -2.20. The van der Waals surface area contributed by atoms with E-state index in [0.29, 0.717) is 5.92 Å². The van der Waals surface area contributed by atoms with Gasteiger partial charge in [-0.2, -0.15) is 0 Å². The Hall–Kier alpha value is -1.17. The van der Waals surface area contributed by atoms with Gasteiger partial charge in [-0.1, -0.05) is 22.9 Å². The Morgan fingerprint density at radius 2 is 2.38 bits per heavy atom. The lowest BCUT2D eigenvalue weighted by molar-refractivity contribution is 0.180. The van der Waals surface area contributed by atoms with E-state index in [1.165, 1.54) is 5.56 Å². The third kappa shape index (κ3) is 2.91. The highest BCUT2D eigenvalue weighted by Gasteiger charge is 2.26. The summed E-state index contributed by atoms with van der Waals surface area (Å²) in [6, 6.07) is 6.29. The zero-order chi connectivity index (χ0) is 14.8. The number of aromatic nitrogens is 2. The molecule has 1 aromatic carbocycles. The van der Waals surface area contributed by atoms with E-state index in [1.807, 2.05) is 12.5 Å². The van der Waals surface area contributed by atoms with Crippen LogP contribution in [0.3, 0.4) is 0 Å². The summed E-state index contributed by atoms with van der Waals surface area (Å²) >= 11 is 3.54. The van der Waals surface area contributed by atoms with Crippen molar-refractivity contribution in [1.82, 2.24) is 9.55 Å². The average molecular weight is 350 g/mol. The minimum atomic E-state index is -0.0386. The number of nitrogens with zero attached hydrogens (tertiary/aromatic N) is 2. The number of halogens is 1. The highest BCUT2D eigenvalue weighted by atomic mass is 79.9. The molecule has 0 aliphatic carbocycles. The van der Waals surface area contributed by atoms with Gasteiger partial charge < -0.3 is 15.0 Å². The van der Waals surface area contributed by atoms with Gasteiger partial charge in [-0.15, -0.1) is 0 Å². The fourth-order valence-electron chi connectivity index (χ4n) is 2.90. The highest BCUT2D eigenvalue weighted by molar-refractivity contribution is 9.10. The van der Waals surface area contributed by atoms with Crippen molar-refractivity contribution >= 4 is 15.9 Å². The van der Waals surface area contributed by atoms with Crippen molar-refractivity contribution in [3.63, 3.8) is 0 Å². The first-order valence-corrected chi connectivity index (χ1v) is 8.14. The Morgan fingerprint density at radius 3 is 3.10 bits per heavy atom. The zero-order valence-corrected chi connectivity index (χ0v) is 13.7. The largest absolute Gasteiger partial charge is 0.381 e. The summed E-state index contributed by atoms with van der Waals surface area (Å²) in [5, 5.41) is 0. The number of hydrogen-bond acceptors (Lipinski definition) is 3. The van der Waals surface area contributed by atoms with Gasteiger partial charge in [0.1, 0.15) is 0 Å². The van der Waals surface area contributed by atoms with Crippen LogP contribution >= 0.6 is 15.9 Å². The van der Waals surface area contributed by atoms with E-state index in [-0.39, 0.29) is 6.04 Å². The van der Waals surface area contributed by atoms with Crippen LogP contribution in [0.1, 0.15) is 30.6 Å². The summed E-state index contributed by atoms with van der Waals surface area (Å²) in [7, 11) is 0. The number of hydrogen-bond donors (Lipinski definition) is 1. The first-order valence-electron chi connectivity index (χ1n) is 7.35. The van der Waals surface area contributed by atoms with Crippen LogP contribution in [0, 0.1) is 5.92 Å². The molecule has 2 atom stereocenters. The van der Waals surface area contributed by atoms with E-state index in [9.17, 15) is 0 Å². The Morgan fingerprint density at radius 1 is 1.52 bits per heavy atom. The molecule has 1 aliphatic heterocycles. The van der Waals surface area contributed by atoms with Crippen LogP contribution in [0.5, 0.6) is 0 Å². The molecule has 0 spiro atoms. The number of aryl methyl sites for hydroxylation is 1. The molecule has 0 bridgehead atoms. The molecular formula is C16H20BrN3O. The molecule has 21 heavy (non-hydrogen) atoms. The predicted molar refractivity (Wildman–Crippen MR) is 86.5 cm³/mol. The highest BCUT2D eigenvalue weighted by Crippen LogP contribution is 2.29. The molecule has 0 amide bonds. The molecule has 0 saturated carbocycles. The topological polar surface area (TPSA) is 53.1 Å². The van der Waals surface area contributed by atoms with Crippen molar-refractivity contribution in [2.45, 2.75) is 25.8 Å². The Bertz CT molecular complexity index is 620. The molecule has 2 N–H and O–H groups in total. The van der Waals surface area contributed by atoms with E-state index in [2.05, 4.69) is 50.6 Å². The van der Waals surface area contributed by atoms with E-state index in [0.717, 1.165) is 41.9 Å². The molecule has 1 aliphatic rings. The number of benzene rings is 1. The second kappa shape index (κ2) is 6.30. The Labute approximate surface area is 133 Å². The summed E-state index contributed by atoms with van der Waals surface area (Å²) in [5.74, 6) is 0.376. The van der Waals surface area contributed by atoms with Crippen LogP contribution in [-0.2, 0) is 11.2 Å². The van der Waals surface area contributed by atoms with Crippen LogP contribution in [0.15, 0.2) is 35.2 Å². The van der Waals surface area contributed by atoms with Crippen molar-refractivity contribution in [2.24, 2.45) is 11.7 Å². The lowest BCUT2D eigenvalue weighted by atomic mass is 9.97. The van der Waals surface area contributed by atoms with Gasteiger partial charge >= 0.3 is 0 Å². The fourth-order valence-corrected chi connectivity index (χ4v) is 3.31. The van der Waals surface area contributed by atoms with E-state index in [4.69, 9.17) is 10.5 Å². The van der Waals surface area contributed by atoms with E-state index < -0.39 is 0 Å². The maximum absolute atomic E-state index is 6.45. The third-order valence-corrected chi connectivity index (χ3v) is 4.66. The van der Waals surface area contributed by atoms with Crippen molar-refractivity contribution in [3.8, 4) is 5.69 Å². The number of nitrogens with two attached hydrogens (primary N) is 1. The monoisotopic (exact) mass is 349 g/mol. The molecule has 2 heterocycles. The Balaban J connectivity index is 1.98. The van der Waals surface area contributed by atoms with Crippen LogP contribution in [0.2, 0.25) is 0 Å². The molecule has 4 nitrogen and oxygen atoms in total. The molecular weight excluding hydrogens is 330 g/mol. The normalized spacial score (nSPS) is 19.9. The summed E-state index contributed by atoms with van der Waals surface area (Å²) in [4.78, 5) is 4.32. The van der Waals surface area contributed by atoms with Crippen molar-refractivity contribution in [3.05, 3.63) is 46.5 Å². The van der Waals surface area contributed by atoms with Crippen LogP contribution in [-0.4, -0.2) is 22.8 Å². The first-order chi connectivity index (χ1) is 10.2. The maximum Gasteiger partial charge on any atom is 0.0994 e. The number of imidazole rings is 1. The van der Waals surface area contributed by atoms with Gasteiger partial charge in [-0.25, -0.2) is 4.98 Å². The molecule has 1 fully saturated rings. The van der Waals surface area contributed by atoms with Gasteiger partial charge in [0.2, 0.25) is 0 Å². The molecule has 1 saturated heterocycles. The fraction of sp³-hybridized carbons (Fsp3) is 0.438. The maximum atomic E-state index is 6.45.